The summed E-state index contributed by atoms with van der Waals surface area (Å²) >= 11 is 0. The van der Waals surface area contributed by atoms with E-state index in [9.17, 15) is 0 Å². The molecule has 0 N–H and O–H groups in total. The molecule has 1 nitrogen and oxygen atoms in total. The number of fused-ring (bicyclic) bond motifs is 8. The van der Waals surface area contributed by atoms with Crippen LogP contribution in [0.2, 0.25) is 0 Å². The molecule has 0 saturated heterocycles. The van der Waals surface area contributed by atoms with Gasteiger partial charge >= 0.3 is 0 Å². The van der Waals surface area contributed by atoms with Crippen molar-refractivity contribution in [3.63, 3.8) is 0 Å². The zero-order valence-electron chi connectivity index (χ0n) is 28.5. The Morgan fingerprint density at radius 1 is 0.308 bits per heavy atom. The van der Waals surface area contributed by atoms with E-state index in [4.69, 9.17) is 0 Å². The molecule has 1 heteroatoms. The first-order valence-corrected chi connectivity index (χ1v) is 18.1. The summed E-state index contributed by atoms with van der Waals surface area (Å²) in [7, 11) is 0. The van der Waals surface area contributed by atoms with Crippen molar-refractivity contribution in [3.05, 3.63) is 222 Å². The van der Waals surface area contributed by atoms with Gasteiger partial charge in [0.15, 0.2) is 0 Å². The van der Waals surface area contributed by atoms with Gasteiger partial charge in [0, 0.05) is 16.8 Å². The summed E-state index contributed by atoms with van der Waals surface area (Å²) in [5.41, 5.74) is 15.6. The van der Waals surface area contributed by atoms with Crippen LogP contribution in [0.25, 0.3) is 54.9 Å². The van der Waals surface area contributed by atoms with E-state index < -0.39 is 5.41 Å². The highest BCUT2D eigenvalue weighted by atomic mass is 15.1. The van der Waals surface area contributed by atoms with Gasteiger partial charge in [-0.25, -0.2) is 0 Å². The summed E-state index contributed by atoms with van der Waals surface area (Å²) in [5, 5.41) is 5.07. The van der Waals surface area contributed by atoms with Gasteiger partial charge in [-0.05, 0) is 102 Å². The number of para-hydroxylation sites is 2. The fraction of sp³-hybridized carbons (Fsp3) is 0.0196. The van der Waals surface area contributed by atoms with Crippen molar-refractivity contribution in [3.8, 4) is 33.4 Å². The van der Waals surface area contributed by atoms with Crippen molar-refractivity contribution in [2.45, 2.75) is 5.41 Å². The van der Waals surface area contributed by atoms with E-state index in [1.54, 1.807) is 0 Å². The molecule has 0 radical (unpaired) electrons. The lowest BCUT2D eigenvalue weighted by Gasteiger charge is -2.36. The average Bonchev–Trinajstić information content (AvgIpc) is 3.49. The van der Waals surface area contributed by atoms with Crippen LogP contribution in [0.3, 0.4) is 0 Å². The number of hydrogen-bond acceptors (Lipinski definition) is 1. The van der Waals surface area contributed by atoms with Crippen molar-refractivity contribution in [2.75, 3.05) is 4.90 Å². The van der Waals surface area contributed by atoms with E-state index in [0.29, 0.717) is 0 Å². The number of benzene rings is 9. The standard InChI is InChI=1S/C51H33N/c1-3-19-37(20-4-1)51(38-21-5-2-6-22-38)46-32-36-16-8-7-15-35(36)31-45(46)40-30-29-39(33-47(40)51)52-48-27-11-9-23-41(48)43-25-13-17-34-18-14-26-44(50(34)43)42-24-10-12-28-49(42)52/h1-33H. The Balaban J connectivity index is 1.25. The van der Waals surface area contributed by atoms with E-state index in [-0.39, 0.29) is 0 Å². The van der Waals surface area contributed by atoms with Crippen molar-refractivity contribution >= 4 is 38.6 Å². The van der Waals surface area contributed by atoms with Crippen LogP contribution in [0.15, 0.2) is 200 Å². The van der Waals surface area contributed by atoms with Gasteiger partial charge in [-0.15, -0.1) is 0 Å². The molecular weight excluding hydrogens is 627 g/mol. The maximum Gasteiger partial charge on any atom is 0.0714 e. The maximum atomic E-state index is 2.50. The first-order chi connectivity index (χ1) is 25.8. The minimum absolute atomic E-state index is 0.521. The molecule has 9 aromatic carbocycles. The Bertz CT molecular complexity index is 2730. The van der Waals surface area contributed by atoms with Gasteiger partial charge in [0.2, 0.25) is 0 Å². The van der Waals surface area contributed by atoms with Gasteiger partial charge in [0.25, 0.3) is 0 Å². The predicted molar refractivity (Wildman–Crippen MR) is 218 cm³/mol. The quantitative estimate of drug-likeness (QED) is 0.182. The normalized spacial score (nSPS) is 13.5. The van der Waals surface area contributed by atoms with E-state index >= 15 is 0 Å². The van der Waals surface area contributed by atoms with Crippen molar-refractivity contribution in [2.24, 2.45) is 0 Å². The topological polar surface area (TPSA) is 3.24 Å². The third-order valence-corrected chi connectivity index (χ3v) is 11.4. The molecule has 0 bridgehead atoms. The second-order valence-electron chi connectivity index (χ2n) is 14.0. The van der Waals surface area contributed by atoms with Gasteiger partial charge in [0.1, 0.15) is 0 Å². The predicted octanol–water partition coefficient (Wildman–Crippen LogP) is 13.5. The number of nitrogens with zero attached hydrogens (tertiary/aromatic N) is 1. The second-order valence-corrected chi connectivity index (χ2v) is 14.0. The van der Waals surface area contributed by atoms with Gasteiger partial charge in [-0.2, -0.15) is 0 Å². The maximum absolute atomic E-state index is 2.50. The highest BCUT2D eigenvalue weighted by Crippen LogP contribution is 2.59. The lowest BCUT2D eigenvalue weighted by molar-refractivity contribution is 0.769. The fourth-order valence-electron chi connectivity index (χ4n) is 9.29. The monoisotopic (exact) mass is 659 g/mol. The van der Waals surface area contributed by atoms with Crippen LogP contribution in [-0.4, -0.2) is 0 Å². The molecule has 0 unspecified atom stereocenters. The first kappa shape index (κ1) is 29.1. The van der Waals surface area contributed by atoms with Crippen LogP contribution in [0.4, 0.5) is 17.1 Å². The minimum Gasteiger partial charge on any atom is -0.309 e. The Morgan fingerprint density at radius 2 is 0.788 bits per heavy atom. The molecular formula is C51H33N. The first-order valence-electron chi connectivity index (χ1n) is 18.1. The van der Waals surface area contributed by atoms with Crippen molar-refractivity contribution in [1.82, 2.24) is 0 Å². The third-order valence-electron chi connectivity index (χ3n) is 11.4. The highest BCUT2D eigenvalue weighted by molar-refractivity contribution is 6.12. The van der Waals surface area contributed by atoms with Crippen LogP contribution in [-0.2, 0) is 5.41 Å². The smallest absolute Gasteiger partial charge is 0.0714 e. The number of rotatable bonds is 3. The van der Waals surface area contributed by atoms with E-state index in [1.165, 1.54) is 88.6 Å². The molecule has 0 atom stereocenters. The van der Waals surface area contributed by atoms with Crippen LogP contribution in [0.1, 0.15) is 22.3 Å². The van der Waals surface area contributed by atoms with Crippen LogP contribution in [0, 0.1) is 0 Å². The van der Waals surface area contributed by atoms with Gasteiger partial charge < -0.3 is 4.90 Å². The Kier molecular flexibility index (Phi) is 6.23. The lowest BCUT2D eigenvalue weighted by Crippen LogP contribution is -2.28. The van der Waals surface area contributed by atoms with E-state index in [1.807, 2.05) is 0 Å². The van der Waals surface area contributed by atoms with Gasteiger partial charge in [-0.1, -0.05) is 164 Å². The molecule has 11 rings (SSSR count). The molecule has 0 fully saturated rings. The molecule has 0 saturated carbocycles. The molecule has 52 heavy (non-hydrogen) atoms. The molecule has 0 spiro atoms. The Labute approximate surface area is 303 Å². The molecule has 0 aromatic heterocycles. The summed E-state index contributed by atoms with van der Waals surface area (Å²) in [6, 6.07) is 74.4. The molecule has 242 valence electrons. The lowest BCUT2D eigenvalue weighted by atomic mass is 9.67. The molecule has 1 aliphatic carbocycles. The van der Waals surface area contributed by atoms with E-state index in [0.717, 1.165) is 5.69 Å². The Hall–Kier alpha value is -6.70. The largest absolute Gasteiger partial charge is 0.309 e. The molecule has 2 aliphatic rings. The molecule has 1 aliphatic heterocycles. The Morgan fingerprint density at radius 3 is 1.40 bits per heavy atom. The fourth-order valence-corrected chi connectivity index (χ4v) is 9.29. The third kappa shape index (κ3) is 3.99. The minimum atomic E-state index is -0.521. The van der Waals surface area contributed by atoms with Gasteiger partial charge in [-0.3, -0.25) is 0 Å². The number of anilines is 3. The van der Waals surface area contributed by atoms with E-state index in [2.05, 4.69) is 205 Å². The highest BCUT2D eigenvalue weighted by Gasteiger charge is 2.46. The molecule has 9 aromatic rings. The summed E-state index contributed by atoms with van der Waals surface area (Å²) in [5.74, 6) is 0. The van der Waals surface area contributed by atoms with Crippen molar-refractivity contribution in [1.29, 1.82) is 0 Å². The average molecular weight is 660 g/mol. The van der Waals surface area contributed by atoms with Crippen LogP contribution >= 0.6 is 0 Å². The summed E-state index contributed by atoms with van der Waals surface area (Å²) in [6.07, 6.45) is 0. The van der Waals surface area contributed by atoms with Gasteiger partial charge in [0.05, 0.1) is 16.8 Å². The molecule has 0 amide bonds. The zero-order chi connectivity index (χ0) is 34.2. The number of hydrogen-bond donors (Lipinski definition) is 0. The summed E-state index contributed by atoms with van der Waals surface area (Å²) in [6.45, 7) is 0. The SMILES string of the molecule is c1ccc(C2(c3ccccc3)c3cc(N4c5ccccc5-c5cccc6cccc(c56)-c5ccccc54)ccc3-c3cc4ccccc4cc32)cc1. The second kappa shape index (κ2) is 11.2. The zero-order valence-corrected chi connectivity index (χ0v) is 28.5. The molecule has 1 heterocycles. The van der Waals surface area contributed by atoms with Crippen molar-refractivity contribution < 1.29 is 0 Å². The summed E-state index contributed by atoms with van der Waals surface area (Å²) < 4.78 is 0. The van der Waals surface area contributed by atoms with Crippen LogP contribution in [0.5, 0.6) is 0 Å². The summed E-state index contributed by atoms with van der Waals surface area (Å²) in [4.78, 5) is 2.50. The van der Waals surface area contributed by atoms with Crippen LogP contribution < -0.4 is 4.90 Å².